The summed E-state index contributed by atoms with van der Waals surface area (Å²) in [5.41, 5.74) is 1.72. The predicted octanol–water partition coefficient (Wildman–Crippen LogP) is 3.69. The monoisotopic (exact) mass is 348 g/mol. The van der Waals surface area contributed by atoms with Gasteiger partial charge in [0.15, 0.2) is 0 Å². The highest BCUT2D eigenvalue weighted by Gasteiger charge is 2.30. The maximum Gasteiger partial charge on any atom is 0.0550 e. The molecule has 0 saturated heterocycles. The van der Waals surface area contributed by atoms with Crippen molar-refractivity contribution in [3.8, 4) is 0 Å². The first-order valence-corrected chi connectivity index (χ1v) is 8.01. The van der Waals surface area contributed by atoms with Gasteiger partial charge in [0.2, 0.25) is 0 Å². The van der Waals surface area contributed by atoms with Crippen molar-refractivity contribution < 1.29 is 10.2 Å². The largest absolute Gasteiger partial charge is 0.395 e. The van der Waals surface area contributed by atoms with Gasteiger partial charge in [0.1, 0.15) is 0 Å². The molecule has 0 aliphatic rings. The fourth-order valence-electron chi connectivity index (χ4n) is 2.61. The molecule has 2 rings (SSSR count). The van der Waals surface area contributed by atoms with Gasteiger partial charge in [-0.05, 0) is 42.5 Å². The average molecular weight is 349 g/mol. The van der Waals surface area contributed by atoms with Gasteiger partial charge >= 0.3 is 0 Å². The SMILES string of the molecule is OCC(CO)(CCCc1ccccc1)c1ccc(Br)cc1. The van der Waals surface area contributed by atoms with Crippen molar-refractivity contribution in [3.63, 3.8) is 0 Å². The number of hydrogen-bond donors (Lipinski definition) is 2. The summed E-state index contributed by atoms with van der Waals surface area (Å²) in [6, 6.07) is 18.2. The molecule has 0 aromatic heterocycles. The second-order valence-electron chi connectivity index (χ2n) is 5.44. The number of aliphatic hydroxyl groups is 2. The molecule has 2 nitrogen and oxygen atoms in total. The molecule has 0 fully saturated rings. The Morgan fingerprint density at radius 3 is 2.05 bits per heavy atom. The lowest BCUT2D eigenvalue weighted by Crippen LogP contribution is -2.35. The minimum Gasteiger partial charge on any atom is -0.395 e. The van der Waals surface area contributed by atoms with Gasteiger partial charge in [0.05, 0.1) is 13.2 Å². The molecule has 112 valence electrons. The fraction of sp³-hybridized carbons (Fsp3) is 0.333. The first kappa shape index (κ1) is 16.2. The van der Waals surface area contributed by atoms with Crippen LogP contribution in [0.15, 0.2) is 59.1 Å². The van der Waals surface area contributed by atoms with E-state index < -0.39 is 5.41 Å². The summed E-state index contributed by atoms with van der Waals surface area (Å²) < 4.78 is 1.00. The van der Waals surface area contributed by atoms with Crippen LogP contribution in [0.25, 0.3) is 0 Å². The Kier molecular flexibility index (Phi) is 5.97. The zero-order valence-corrected chi connectivity index (χ0v) is 13.6. The quantitative estimate of drug-likeness (QED) is 0.800. The third kappa shape index (κ3) is 4.16. The van der Waals surface area contributed by atoms with Crippen LogP contribution in [0, 0.1) is 0 Å². The summed E-state index contributed by atoms with van der Waals surface area (Å²) >= 11 is 3.41. The van der Waals surface area contributed by atoms with E-state index in [1.54, 1.807) is 0 Å². The third-order valence-electron chi connectivity index (χ3n) is 4.03. The number of aliphatic hydroxyl groups excluding tert-OH is 2. The molecule has 2 aromatic carbocycles. The van der Waals surface area contributed by atoms with Crippen molar-refractivity contribution in [2.45, 2.75) is 24.7 Å². The van der Waals surface area contributed by atoms with Gasteiger partial charge in [-0.1, -0.05) is 58.4 Å². The molecule has 0 bridgehead atoms. The van der Waals surface area contributed by atoms with Gasteiger partial charge in [-0.3, -0.25) is 0 Å². The predicted molar refractivity (Wildman–Crippen MR) is 89.4 cm³/mol. The number of halogens is 1. The first-order chi connectivity index (χ1) is 10.2. The Morgan fingerprint density at radius 2 is 1.48 bits per heavy atom. The minimum absolute atomic E-state index is 0.0417. The Bertz CT molecular complexity index is 533. The lowest BCUT2D eigenvalue weighted by Gasteiger charge is -2.30. The number of aryl methyl sites for hydroxylation is 1. The molecule has 0 radical (unpaired) electrons. The van der Waals surface area contributed by atoms with Crippen LogP contribution >= 0.6 is 15.9 Å². The van der Waals surface area contributed by atoms with Crippen molar-refractivity contribution in [1.29, 1.82) is 0 Å². The van der Waals surface area contributed by atoms with Crippen LogP contribution in [0.4, 0.5) is 0 Å². The van der Waals surface area contributed by atoms with Crippen molar-refractivity contribution in [2.75, 3.05) is 13.2 Å². The zero-order valence-electron chi connectivity index (χ0n) is 12.0. The highest BCUT2D eigenvalue weighted by Crippen LogP contribution is 2.30. The standard InChI is InChI=1S/C18H21BrO2/c19-17-10-8-16(9-11-17)18(13-20,14-21)12-4-7-15-5-2-1-3-6-15/h1-3,5-6,8-11,20-21H,4,7,12-14H2. The fourth-order valence-corrected chi connectivity index (χ4v) is 2.88. The van der Waals surface area contributed by atoms with Crippen LogP contribution in [-0.4, -0.2) is 23.4 Å². The summed E-state index contributed by atoms with van der Waals surface area (Å²) in [5.74, 6) is 0. The molecule has 0 amide bonds. The van der Waals surface area contributed by atoms with Crippen molar-refractivity contribution >= 4 is 15.9 Å². The van der Waals surface area contributed by atoms with E-state index in [-0.39, 0.29) is 13.2 Å². The molecule has 0 saturated carbocycles. The minimum atomic E-state index is -0.560. The molecule has 0 spiro atoms. The second-order valence-corrected chi connectivity index (χ2v) is 6.36. The highest BCUT2D eigenvalue weighted by molar-refractivity contribution is 9.10. The third-order valence-corrected chi connectivity index (χ3v) is 4.55. The van der Waals surface area contributed by atoms with Gasteiger partial charge in [0, 0.05) is 9.89 Å². The summed E-state index contributed by atoms with van der Waals surface area (Å²) in [6.45, 7) is -0.0835. The van der Waals surface area contributed by atoms with Gasteiger partial charge in [0.25, 0.3) is 0 Å². The number of rotatable bonds is 7. The summed E-state index contributed by atoms with van der Waals surface area (Å²) in [5, 5.41) is 19.6. The van der Waals surface area contributed by atoms with Crippen LogP contribution in [0.2, 0.25) is 0 Å². The van der Waals surface area contributed by atoms with E-state index in [0.29, 0.717) is 0 Å². The maximum atomic E-state index is 9.82. The molecule has 0 heterocycles. The molecule has 2 N–H and O–H groups in total. The Balaban J connectivity index is 2.06. The van der Waals surface area contributed by atoms with E-state index in [9.17, 15) is 10.2 Å². The molecule has 0 aliphatic carbocycles. The van der Waals surface area contributed by atoms with Crippen LogP contribution in [0.5, 0.6) is 0 Å². The molecule has 2 aromatic rings. The highest BCUT2D eigenvalue weighted by atomic mass is 79.9. The lowest BCUT2D eigenvalue weighted by molar-refractivity contribution is 0.108. The topological polar surface area (TPSA) is 40.5 Å². The lowest BCUT2D eigenvalue weighted by atomic mass is 9.77. The van der Waals surface area contributed by atoms with Gasteiger partial charge in [-0.15, -0.1) is 0 Å². The molecule has 21 heavy (non-hydrogen) atoms. The van der Waals surface area contributed by atoms with Gasteiger partial charge in [-0.25, -0.2) is 0 Å². The van der Waals surface area contributed by atoms with E-state index in [1.807, 2.05) is 42.5 Å². The summed E-state index contributed by atoms with van der Waals surface area (Å²) in [7, 11) is 0. The van der Waals surface area contributed by atoms with Crippen LogP contribution in [0.3, 0.4) is 0 Å². The smallest absolute Gasteiger partial charge is 0.0550 e. The Labute approximate surface area is 134 Å². The van der Waals surface area contributed by atoms with Crippen LogP contribution in [-0.2, 0) is 11.8 Å². The average Bonchev–Trinajstić information content (AvgIpc) is 2.54. The molecule has 0 atom stereocenters. The van der Waals surface area contributed by atoms with Crippen molar-refractivity contribution in [1.82, 2.24) is 0 Å². The Hall–Kier alpha value is -1.16. The van der Waals surface area contributed by atoms with E-state index in [4.69, 9.17) is 0 Å². The van der Waals surface area contributed by atoms with Gasteiger partial charge < -0.3 is 10.2 Å². The normalized spacial score (nSPS) is 11.6. The molecule has 3 heteroatoms. The first-order valence-electron chi connectivity index (χ1n) is 7.22. The van der Waals surface area contributed by atoms with E-state index in [2.05, 4.69) is 28.1 Å². The van der Waals surface area contributed by atoms with E-state index in [1.165, 1.54) is 5.56 Å². The summed E-state index contributed by atoms with van der Waals surface area (Å²) in [6.07, 6.45) is 2.65. The van der Waals surface area contributed by atoms with Gasteiger partial charge in [-0.2, -0.15) is 0 Å². The second kappa shape index (κ2) is 7.74. The van der Waals surface area contributed by atoms with E-state index in [0.717, 1.165) is 29.3 Å². The molecule has 0 aliphatic heterocycles. The van der Waals surface area contributed by atoms with Crippen LogP contribution in [0.1, 0.15) is 24.0 Å². The maximum absolute atomic E-state index is 9.82. The molecular formula is C18H21BrO2. The zero-order chi connectivity index (χ0) is 15.1. The molecular weight excluding hydrogens is 328 g/mol. The van der Waals surface area contributed by atoms with Crippen LogP contribution < -0.4 is 0 Å². The summed E-state index contributed by atoms with van der Waals surface area (Å²) in [4.78, 5) is 0. The number of benzene rings is 2. The Morgan fingerprint density at radius 1 is 0.857 bits per heavy atom. The molecule has 0 unspecified atom stereocenters. The number of hydrogen-bond acceptors (Lipinski definition) is 2. The van der Waals surface area contributed by atoms with Crippen molar-refractivity contribution in [3.05, 3.63) is 70.2 Å². The van der Waals surface area contributed by atoms with E-state index >= 15 is 0 Å². The van der Waals surface area contributed by atoms with Crippen molar-refractivity contribution in [2.24, 2.45) is 0 Å².